The minimum absolute atomic E-state index is 0.0954. The molecule has 0 aliphatic carbocycles. The number of anilines is 1. The third-order valence-corrected chi connectivity index (χ3v) is 5.31. The van der Waals surface area contributed by atoms with Crippen LogP contribution < -0.4 is 5.32 Å². The second kappa shape index (κ2) is 8.26. The normalized spacial score (nSPS) is 10.8. The summed E-state index contributed by atoms with van der Waals surface area (Å²) in [5.41, 5.74) is 2.72. The van der Waals surface area contributed by atoms with E-state index in [0.29, 0.717) is 0 Å². The molecule has 0 saturated heterocycles. The predicted octanol–water partition coefficient (Wildman–Crippen LogP) is 3.93. The molecule has 1 N–H and O–H groups in total. The van der Waals surface area contributed by atoms with Crippen LogP contribution >= 0.6 is 23.1 Å². The van der Waals surface area contributed by atoms with Crippen LogP contribution in [0, 0.1) is 0 Å². The third kappa shape index (κ3) is 4.67. The maximum absolute atomic E-state index is 11.2. The molecular weight excluding hydrogens is 354 g/mol. The van der Waals surface area contributed by atoms with Crippen molar-refractivity contribution in [2.24, 2.45) is 0 Å². The third-order valence-electron chi connectivity index (χ3n) is 3.37. The van der Waals surface area contributed by atoms with E-state index in [2.05, 4.69) is 32.8 Å². The van der Waals surface area contributed by atoms with E-state index in [1.165, 1.54) is 11.9 Å². The van der Waals surface area contributed by atoms with Crippen LogP contribution in [0.2, 0.25) is 0 Å². The number of nitrogens with one attached hydrogen (secondary N) is 1. The molecule has 3 rings (SSSR count). The molecule has 0 spiro atoms. The Morgan fingerprint density at radius 2 is 2.28 bits per heavy atom. The fourth-order valence-corrected chi connectivity index (χ4v) is 4.15. The lowest BCUT2D eigenvalue weighted by molar-refractivity contribution is -0.114. The zero-order valence-electron chi connectivity index (χ0n) is 14.1. The van der Waals surface area contributed by atoms with Gasteiger partial charge in [0.05, 0.1) is 16.4 Å². The summed E-state index contributed by atoms with van der Waals surface area (Å²) in [6, 6.07) is 7.61. The van der Waals surface area contributed by atoms with Gasteiger partial charge >= 0.3 is 0 Å². The van der Waals surface area contributed by atoms with E-state index in [-0.39, 0.29) is 5.91 Å². The topological polar surface area (TPSA) is 72.7 Å². The molecule has 0 unspecified atom stereocenters. The molecule has 1 aromatic carbocycles. The van der Waals surface area contributed by atoms with Crippen LogP contribution in [0.15, 0.2) is 41.1 Å². The maximum atomic E-state index is 11.2. The van der Waals surface area contributed by atoms with Gasteiger partial charge in [-0.1, -0.05) is 24.8 Å². The predicted molar refractivity (Wildman–Crippen MR) is 101 cm³/mol. The van der Waals surface area contributed by atoms with Crippen molar-refractivity contribution in [2.75, 3.05) is 5.32 Å². The average molecular weight is 374 g/mol. The van der Waals surface area contributed by atoms with E-state index in [9.17, 15) is 4.79 Å². The highest BCUT2D eigenvalue weighted by Crippen LogP contribution is 2.25. The molecule has 130 valence electrons. The van der Waals surface area contributed by atoms with Gasteiger partial charge in [-0.3, -0.25) is 9.36 Å². The van der Waals surface area contributed by atoms with Crippen LogP contribution in [0.4, 0.5) is 5.69 Å². The van der Waals surface area contributed by atoms with Gasteiger partial charge in [-0.2, -0.15) is 0 Å². The number of benzene rings is 1. The van der Waals surface area contributed by atoms with Gasteiger partial charge in [0.15, 0.2) is 5.16 Å². The number of aryl methyl sites for hydroxylation is 1. The fourth-order valence-electron chi connectivity index (χ4n) is 2.32. The molecule has 2 heterocycles. The van der Waals surface area contributed by atoms with Crippen molar-refractivity contribution in [1.82, 2.24) is 19.7 Å². The number of thiazole rings is 1. The average Bonchev–Trinajstić information content (AvgIpc) is 3.22. The van der Waals surface area contributed by atoms with Gasteiger partial charge in [0.1, 0.15) is 6.33 Å². The molecule has 1 amide bonds. The van der Waals surface area contributed by atoms with Crippen molar-refractivity contribution in [3.05, 3.63) is 46.7 Å². The first-order chi connectivity index (χ1) is 12.2. The van der Waals surface area contributed by atoms with Gasteiger partial charge in [-0.15, -0.1) is 21.5 Å². The van der Waals surface area contributed by atoms with Crippen LogP contribution in [-0.2, 0) is 17.0 Å². The molecular formula is C17H19N5OS2. The summed E-state index contributed by atoms with van der Waals surface area (Å²) in [4.78, 5) is 15.9. The first-order valence-corrected chi connectivity index (χ1v) is 9.86. The van der Waals surface area contributed by atoms with Crippen molar-refractivity contribution in [2.45, 2.75) is 37.6 Å². The molecule has 0 fully saturated rings. The Labute approximate surface area is 154 Å². The lowest BCUT2D eigenvalue weighted by atomic mass is 10.2. The number of carbonyl (C=O) groups is 1. The lowest BCUT2D eigenvalue weighted by Crippen LogP contribution is -2.06. The number of amides is 1. The molecule has 0 bridgehead atoms. The Kier molecular flexibility index (Phi) is 5.83. The molecule has 3 aromatic rings. The zero-order valence-corrected chi connectivity index (χ0v) is 15.7. The molecule has 0 atom stereocenters. The van der Waals surface area contributed by atoms with E-state index >= 15 is 0 Å². The number of hydrogen-bond acceptors (Lipinski definition) is 6. The van der Waals surface area contributed by atoms with Crippen LogP contribution in [0.25, 0.3) is 5.69 Å². The second-order valence-electron chi connectivity index (χ2n) is 5.49. The molecule has 2 aromatic heterocycles. The van der Waals surface area contributed by atoms with Gasteiger partial charge in [-0.05, 0) is 31.0 Å². The van der Waals surface area contributed by atoms with Crippen LogP contribution in [0.5, 0.6) is 0 Å². The van der Waals surface area contributed by atoms with Crippen LogP contribution in [0.1, 0.15) is 31.0 Å². The van der Waals surface area contributed by atoms with Crippen molar-refractivity contribution < 1.29 is 4.79 Å². The highest BCUT2D eigenvalue weighted by atomic mass is 32.2. The standard InChI is InChI=1S/C17H19N5OS2/c1-3-5-16-20-14(9-24-16)10-25-17-21-18-11-22(17)15-7-4-6-13(8-15)19-12(2)23/h4,6-9,11H,3,5,10H2,1-2H3,(H,19,23). The highest BCUT2D eigenvalue weighted by Gasteiger charge is 2.10. The van der Waals surface area contributed by atoms with Gasteiger partial charge in [0.2, 0.25) is 5.91 Å². The minimum atomic E-state index is -0.0954. The summed E-state index contributed by atoms with van der Waals surface area (Å²) < 4.78 is 1.91. The molecule has 6 nitrogen and oxygen atoms in total. The molecule has 0 saturated carbocycles. The van der Waals surface area contributed by atoms with Gasteiger partial charge < -0.3 is 5.32 Å². The molecule has 0 aliphatic rings. The fraction of sp³-hybridized carbons (Fsp3) is 0.294. The summed E-state index contributed by atoms with van der Waals surface area (Å²) in [5, 5.41) is 15.1. The Balaban J connectivity index is 1.72. The Morgan fingerprint density at radius 1 is 1.40 bits per heavy atom. The summed E-state index contributed by atoms with van der Waals surface area (Å²) in [7, 11) is 0. The van der Waals surface area contributed by atoms with E-state index in [4.69, 9.17) is 0 Å². The Hall–Kier alpha value is -2.19. The van der Waals surface area contributed by atoms with Crippen molar-refractivity contribution in [1.29, 1.82) is 0 Å². The van der Waals surface area contributed by atoms with E-state index in [1.54, 1.807) is 29.4 Å². The minimum Gasteiger partial charge on any atom is -0.326 e. The van der Waals surface area contributed by atoms with Gasteiger partial charge in [0, 0.05) is 23.7 Å². The summed E-state index contributed by atoms with van der Waals surface area (Å²) in [5.74, 6) is 0.659. The molecule has 0 radical (unpaired) electrons. The van der Waals surface area contributed by atoms with Crippen molar-refractivity contribution >= 4 is 34.7 Å². The van der Waals surface area contributed by atoms with Gasteiger partial charge in [0.25, 0.3) is 0 Å². The second-order valence-corrected chi connectivity index (χ2v) is 7.37. The first kappa shape index (κ1) is 17.6. The number of hydrogen-bond donors (Lipinski definition) is 1. The number of carbonyl (C=O) groups excluding carboxylic acids is 1. The van der Waals surface area contributed by atoms with Gasteiger partial charge in [-0.25, -0.2) is 4.98 Å². The first-order valence-electron chi connectivity index (χ1n) is 8.00. The Bertz CT molecular complexity index is 858. The zero-order chi connectivity index (χ0) is 17.6. The monoisotopic (exact) mass is 373 g/mol. The number of thioether (sulfide) groups is 1. The SMILES string of the molecule is CCCc1nc(CSc2nncn2-c2cccc(NC(C)=O)c2)cs1. The lowest BCUT2D eigenvalue weighted by Gasteiger charge is -2.08. The summed E-state index contributed by atoms with van der Waals surface area (Å²) in [6.07, 6.45) is 3.82. The number of aromatic nitrogens is 4. The van der Waals surface area contributed by atoms with E-state index < -0.39 is 0 Å². The number of rotatable bonds is 7. The largest absolute Gasteiger partial charge is 0.326 e. The highest BCUT2D eigenvalue weighted by molar-refractivity contribution is 7.98. The van der Waals surface area contributed by atoms with Crippen LogP contribution in [-0.4, -0.2) is 25.7 Å². The molecule has 25 heavy (non-hydrogen) atoms. The summed E-state index contributed by atoms with van der Waals surface area (Å²) in [6.45, 7) is 3.65. The molecule has 8 heteroatoms. The number of nitrogens with zero attached hydrogens (tertiary/aromatic N) is 4. The Morgan fingerprint density at radius 3 is 3.08 bits per heavy atom. The summed E-state index contributed by atoms with van der Waals surface area (Å²) >= 11 is 3.31. The maximum Gasteiger partial charge on any atom is 0.221 e. The smallest absolute Gasteiger partial charge is 0.221 e. The van der Waals surface area contributed by atoms with Crippen molar-refractivity contribution in [3.63, 3.8) is 0 Å². The quantitative estimate of drug-likeness (QED) is 0.635. The van der Waals surface area contributed by atoms with Crippen molar-refractivity contribution in [3.8, 4) is 5.69 Å². The van der Waals surface area contributed by atoms with E-state index in [0.717, 1.165) is 40.8 Å². The molecule has 0 aliphatic heterocycles. The van der Waals surface area contributed by atoms with E-state index in [1.807, 2.05) is 28.8 Å². The van der Waals surface area contributed by atoms with Crippen LogP contribution in [0.3, 0.4) is 0 Å².